The van der Waals surface area contributed by atoms with Crippen LogP contribution in [0.4, 0.5) is 20.6 Å². The molecule has 2 aliphatic rings. The SMILES string of the molecule is CCC(=S)NCC1CN(c2ccc(N3CCN(C(=O)COC(=O)c4cccc(CN(CC)CC)c4)CC3)c(F)c2)C(=O)O1. The van der Waals surface area contributed by atoms with E-state index in [0.29, 0.717) is 67.6 Å². The summed E-state index contributed by atoms with van der Waals surface area (Å²) in [4.78, 5) is 45.6. The molecule has 4 rings (SSSR count). The molecule has 0 aromatic heterocycles. The van der Waals surface area contributed by atoms with Crippen LogP contribution in [0, 0.1) is 5.82 Å². The average Bonchev–Trinajstić information content (AvgIpc) is 3.41. The Balaban J connectivity index is 1.25. The highest BCUT2D eigenvalue weighted by atomic mass is 32.1. The third-order valence-electron chi connectivity index (χ3n) is 7.73. The summed E-state index contributed by atoms with van der Waals surface area (Å²) in [6, 6.07) is 11.9. The van der Waals surface area contributed by atoms with Gasteiger partial charge in [-0.1, -0.05) is 45.1 Å². The van der Waals surface area contributed by atoms with Crippen LogP contribution in [0.2, 0.25) is 0 Å². The molecule has 0 radical (unpaired) electrons. The lowest BCUT2D eigenvalue weighted by Crippen LogP contribution is -2.50. The van der Waals surface area contributed by atoms with Crippen LogP contribution in [0.5, 0.6) is 0 Å². The van der Waals surface area contributed by atoms with Gasteiger partial charge in [0.25, 0.3) is 5.91 Å². The van der Waals surface area contributed by atoms with E-state index in [1.54, 1.807) is 29.2 Å². The number of benzene rings is 2. The van der Waals surface area contributed by atoms with Gasteiger partial charge in [0.05, 0.1) is 35.0 Å². The molecule has 2 aromatic carbocycles. The van der Waals surface area contributed by atoms with Crippen molar-refractivity contribution in [3.63, 3.8) is 0 Å². The van der Waals surface area contributed by atoms with E-state index in [-0.39, 0.29) is 18.6 Å². The molecule has 1 N–H and O–H groups in total. The van der Waals surface area contributed by atoms with Crippen molar-refractivity contribution in [2.24, 2.45) is 0 Å². The molecule has 2 amide bonds. The summed E-state index contributed by atoms with van der Waals surface area (Å²) in [6.45, 7) is 10.6. The van der Waals surface area contributed by atoms with Gasteiger partial charge in [-0.15, -0.1) is 0 Å². The van der Waals surface area contributed by atoms with Crippen molar-refractivity contribution in [2.45, 2.75) is 39.8 Å². The highest BCUT2D eigenvalue weighted by Crippen LogP contribution is 2.28. The lowest BCUT2D eigenvalue weighted by atomic mass is 10.1. The molecule has 2 aromatic rings. The smallest absolute Gasteiger partial charge is 0.414 e. The maximum Gasteiger partial charge on any atom is 0.414 e. The second-order valence-electron chi connectivity index (χ2n) is 10.5. The van der Waals surface area contributed by atoms with Gasteiger partial charge >= 0.3 is 12.1 Å². The number of hydrogen-bond acceptors (Lipinski definition) is 8. The third kappa shape index (κ3) is 8.41. The average molecular weight is 614 g/mol. The van der Waals surface area contributed by atoms with E-state index in [0.717, 1.165) is 25.2 Å². The second kappa shape index (κ2) is 15.1. The Kier molecular flexibility index (Phi) is 11.3. The van der Waals surface area contributed by atoms with Crippen LogP contribution in [0.1, 0.15) is 43.1 Å². The fraction of sp³-hybridized carbons (Fsp3) is 0.484. The zero-order chi connectivity index (χ0) is 30.9. The van der Waals surface area contributed by atoms with Gasteiger partial charge in [-0.25, -0.2) is 14.0 Å². The van der Waals surface area contributed by atoms with E-state index in [4.69, 9.17) is 21.7 Å². The number of anilines is 2. The number of carbonyl (C=O) groups excluding carboxylic acids is 3. The van der Waals surface area contributed by atoms with Crippen LogP contribution >= 0.6 is 12.2 Å². The largest absolute Gasteiger partial charge is 0.452 e. The molecule has 43 heavy (non-hydrogen) atoms. The van der Waals surface area contributed by atoms with Crippen molar-refractivity contribution < 1.29 is 28.2 Å². The molecule has 0 bridgehead atoms. The summed E-state index contributed by atoms with van der Waals surface area (Å²) >= 11 is 5.16. The minimum absolute atomic E-state index is 0.292. The van der Waals surface area contributed by atoms with Crippen LogP contribution in [-0.4, -0.2) is 97.8 Å². The van der Waals surface area contributed by atoms with Crippen LogP contribution in [0.3, 0.4) is 0 Å². The van der Waals surface area contributed by atoms with E-state index >= 15 is 4.39 Å². The topological polar surface area (TPSA) is 94.7 Å². The van der Waals surface area contributed by atoms with E-state index < -0.39 is 17.9 Å². The molecular formula is C31H40FN5O5S. The van der Waals surface area contributed by atoms with Crippen molar-refractivity contribution >= 4 is 46.6 Å². The minimum atomic E-state index is -0.538. The number of piperazine rings is 1. The number of ether oxygens (including phenoxy) is 2. The Morgan fingerprint density at radius 3 is 2.51 bits per heavy atom. The summed E-state index contributed by atoms with van der Waals surface area (Å²) in [6.07, 6.45) is -0.205. The van der Waals surface area contributed by atoms with Gasteiger partial charge in [-0.3, -0.25) is 14.6 Å². The highest BCUT2D eigenvalue weighted by Gasteiger charge is 2.33. The molecule has 12 heteroatoms. The predicted molar refractivity (Wildman–Crippen MR) is 167 cm³/mol. The number of nitrogens with zero attached hydrogens (tertiary/aromatic N) is 4. The van der Waals surface area contributed by atoms with Crippen LogP contribution in [-0.2, 0) is 20.8 Å². The fourth-order valence-corrected chi connectivity index (χ4v) is 5.20. The maximum absolute atomic E-state index is 15.2. The van der Waals surface area contributed by atoms with Gasteiger partial charge in [0.2, 0.25) is 0 Å². The van der Waals surface area contributed by atoms with E-state index in [1.165, 1.54) is 11.0 Å². The standard InChI is InChI=1S/C31H40FN5O5S/c1-4-28(43)33-18-25-20-37(31(40)42-25)24-10-11-27(26(32)17-24)35-12-14-36(15-13-35)29(38)21-41-30(39)23-9-7-8-22(16-23)19-34(5-2)6-3/h7-11,16-17,25H,4-6,12-15,18-21H2,1-3H3,(H,33,43). The van der Waals surface area contributed by atoms with Gasteiger partial charge < -0.3 is 24.6 Å². The lowest BCUT2D eigenvalue weighted by Gasteiger charge is -2.36. The fourth-order valence-electron chi connectivity index (χ4n) is 5.11. The van der Waals surface area contributed by atoms with Crippen molar-refractivity contribution in [2.75, 3.05) is 68.8 Å². The molecule has 0 saturated carbocycles. The first kappa shape index (κ1) is 32.2. The number of nitrogens with one attached hydrogen (secondary N) is 1. The first-order valence-corrected chi connectivity index (χ1v) is 15.2. The number of halogens is 1. The first-order valence-electron chi connectivity index (χ1n) is 14.8. The lowest BCUT2D eigenvalue weighted by molar-refractivity contribution is -0.134. The molecule has 0 spiro atoms. The third-order valence-corrected chi connectivity index (χ3v) is 8.16. The number of thiocarbonyl (C=S) groups is 1. The Morgan fingerprint density at radius 2 is 1.84 bits per heavy atom. The Hall–Kier alpha value is -3.77. The summed E-state index contributed by atoms with van der Waals surface area (Å²) < 4.78 is 25.9. The quantitative estimate of drug-likeness (QED) is 0.283. The van der Waals surface area contributed by atoms with Gasteiger partial charge in [0.15, 0.2) is 6.61 Å². The van der Waals surface area contributed by atoms with Crippen LogP contribution in [0.25, 0.3) is 0 Å². The Labute approximate surface area is 257 Å². The monoisotopic (exact) mass is 613 g/mol. The van der Waals surface area contributed by atoms with Crippen molar-refractivity contribution in [3.8, 4) is 0 Å². The van der Waals surface area contributed by atoms with Gasteiger partial charge in [-0.2, -0.15) is 0 Å². The molecule has 2 saturated heterocycles. The zero-order valence-corrected chi connectivity index (χ0v) is 25.8. The molecule has 1 unspecified atom stereocenters. The molecule has 0 aliphatic carbocycles. The second-order valence-corrected chi connectivity index (χ2v) is 11.0. The number of esters is 1. The summed E-state index contributed by atoms with van der Waals surface area (Å²) in [5, 5.41) is 3.07. The van der Waals surface area contributed by atoms with E-state index in [1.807, 2.05) is 24.0 Å². The zero-order valence-electron chi connectivity index (χ0n) is 25.0. The van der Waals surface area contributed by atoms with Gasteiger partial charge in [-0.05, 0) is 55.4 Å². The van der Waals surface area contributed by atoms with Gasteiger partial charge in [0.1, 0.15) is 11.9 Å². The summed E-state index contributed by atoms with van der Waals surface area (Å²) in [7, 11) is 0. The van der Waals surface area contributed by atoms with Gasteiger partial charge in [0, 0.05) is 32.7 Å². The van der Waals surface area contributed by atoms with Crippen molar-refractivity contribution in [3.05, 3.63) is 59.4 Å². The molecular weight excluding hydrogens is 573 g/mol. The number of hydrogen-bond donors (Lipinski definition) is 1. The summed E-state index contributed by atoms with van der Waals surface area (Å²) in [5.74, 6) is -1.29. The minimum Gasteiger partial charge on any atom is -0.452 e. The number of amides is 2. The predicted octanol–water partition coefficient (Wildman–Crippen LogP) is 3.83. The molecule has 10 nitrogen and oxygen atoms in total. The highest BCUT2D eigenvalue weighted by molar-refractivity contribution is 7.80. The molecule has 232 valence electrons. The molecule has 2 fully saturated rings. The maximum atomic E-state index is 15.2. The van der Waals surface area contributed by atoms with Crippen molar-refractivity contribution in [1.29, 1.82) is 0 Å². The van der Waals surface area contributed by atoms with Crippen LogP contribution in [0.15, 0.2) is 42.5 Å². The van der Waals surface area contributed by atoms with Crippen molar-refractivity contribution in [1.82, 2.24) is 15.1 Å². The van der Waals surface area contributed by atoms with Crippen LogP contribution < -0.4 is 15.1 Å². The number of rotatable bonds is 12. The number of cyclic esters (lactones) is 1. The molecule has 2 aliphatic heterocycles. The molecule has 1 atom stereocenters. The number of carbonyl (C=O) groups is 3. The first-order chi connectivity index (χ1) is 20.7. The summed E-state index contributed by atoms with van der Waals surface area (Å²) in [5.41, 5.74) is 2.23. The Bertz CT molecular complexity index is 1320. The molecule has 2 heterocycles. The Morgan fingerprint density at radius 1 is 1.09 bits per heavy atom. The van der Waals surface area contributed by atoms with E-state index in [2.05, 4.69) is 24.1 Å². The van der Waals surface area contributed by atoms with E-state index in [9.17, 15) is 14.4 Å². The normalized spacial score (nSPS) is 16.8.